The maximum atomic E-state index is 11.3. The molecule has 1 aliphatic rings. The molecule has 0 aromatic heterocycles. The lowest BCUT2D eigenvalue weighted by Gasteiger charge is -2.20. The fourth-order valence-electron chi connectivity index (χ4n) is 2.71. The lowest BCUT2D eigenvalue weighted by molar-refractivity contribution is 0.202. The molecular weight excluding hydrogens is 252 g/mol. The summed E-state index contributed by atoms with van der Waals surface area (Å²) in [4.78, 5) is 12.7. The molecule has 4 heteroatoms. The molecular formula is C16H20N2O2. The molecule has 1 atom stereocenters. The van der Waals surface area contributed by atoms with Gasteiger partial charge in [0.1, 0.15) is 0 Å². The van der Waals surface area contributed by atoms with Crippen LogP contribution < -0.4 is 10.2 Å². The van der Waals surface area contributed by atoms with Gasteiger partial charge in [0.05, 0.1) is 6.54 Å². The Morgan fingerprint density at radius 3 is 3.05 bits per heavy atom. The van der Waals surface area contributed by atoms with Gasteiger partial charge < -0.3 is 5.11 Å². The minimum absolute atomic E-state index is 0.235. The minimum Gasteiger partial charge on any atom is -0.465 e. The van der Waals surface area contributed by atoms with Crippen molar-refractivity contribution in [3.8, 4) is 12.3 Å². The molecule has 0 spiro atoms. The molecule has 1 aliphatic carbocycles. The summed E-state index contributed by atoms with van der Waals surface area (Å²) in [6.07, 6.45) is 7.20. The molecule has 0 bridgehead atoms. The van der Waals surface area contributed by atoms with Crippen molar-refractivity contribution >= 4 is 11.8 Å². The van der Waals surface area contributed by atoms with Crippen LogP contribution in [0.2, 0.25) is 0 Å². The Bertz CT molecular complexity index is 534. The van der Waals surface area contributed by atoms with E-state index >= 15 is 0 Å². The Morgan fingerprint density at radius 2 is 2.40 bits per heavy atom. The first-order valence-corrected chi connectivity index (χ1v) is 6.97. The standard InChI is InChI=1S/C16H20N2O2/c1-3-9-17-15-8-6-12-5-7-13(11-14(12)15)18(10-4-2)16(19)20/h1,5,7,11,15,17H,4,6,8-10H2,2H3,(H,19,20)/t15-/m1/s1. The predicted molar refractivity (Wildman–Crippen MR) is 80.0 cm³/mol. The van der Waals surface area contributed by atoms with E-state index in [0.29, 0.717) is 13.1 Å². The number of fused-ring (bicyclic) bond motifs is 1. The van der Waals surface area contributed by atoms with Crippen molar-refractivity contribution in [2.45, 2.75) is 32.2 Å². The summed E-state index contributed by atoms with van der Waals surface area (Å²) in [6.45, 7) is 3.02. The number of carbonyl (C=O) groups is 1. The zero-order chi connectivity index (χ0) is 14.5. The summed E-state index contributed by atoms with van der Waals surface area (Å²) in [7, 11) is 0. The van der Waals surface area contributed by atoms with Crippen LogP contribution in [0, 0.1) is 12.3 Å². The molecule has 20 heavy (non-hydrogen) atoms. The maximum absolute atomic E-state index is 11.3. The largest absolute Gasteiger partial charge is 0.465 e. The smallest absolute Gasteiger partial charge is 0.411 e. The molecule has 0 aliphatic heterocycles. The van der Waals surface area contributed by atoms with E-state index in [-0.39, 0.29) is 6.04 Å². The summed E-state index contributed by atoms with van der Waals surface area (Å²) < 4.78 is 0. The average Bonchev–Trinajstić information content (AvgIpc) is 2.84. The van der Waals surface area contributed by atoms with Crippen molar-refractivity contribution in [2.24, 2.45) is 0 Å². The van der Waals surface area contributed by atoms with Crippen LogP contribution in [0.15, 0.2) is 18.2 Å². The highest BCUT2D eigenvalue weighted by molar-refractivity contribution is 5.86. The van der Waals surface area contributed by atoms with Crippen molar-refractivity contribution in [3.63, 3.8) is 0 Å². The number of aryl methyl sites for hydroxylation is 1. The first kappa shape index (κ1) is 14.4. The number of amides is 1. The van der Waals surface area contributed by atoms with E-state index in [1.807, 2.05) is 25.1 Å². The third-order valence-corrected chi connectivity index (χ3v) is 3.65. The van der Waals surface area contributed by atoms with E-state index in [2.05, 4.69) is 11.2 Å². The molecule has 0 radical (unpaired) electrons. The van der Waals surface area contributed by atoms with Crippen LogP contribution in [0.4, 0.5) is 10.5 Å². The number of nitrogens with one attached hydrogen (secondary N) is 1. The van der Waals surface area contributed by atoms with Gasteiger partial charge in [0.2, 0.25) is 0 Å². The van der Waals surface area contributed by atoms with Gasteiger partial charge in [-0.25, -0.2) is 4.79 Å². The average molecular weight is 272 g/mol. The van der Waals surface area contributed by atoms with Crippen molar-refractivity contribution < 1.29 is 9.90 Å². The van der Waals surface area contributed by atoms with Crippen LogP contribution in [0.25, 0.3) is 0 Å². The zero-order valence-electron chi connectivity index (χ0n) is 11.7. The van der Waals surface area contributed by atoms with Crippen molar-refractivity contribution in [1.29, 1.82) is 0 Å². The minimum atomic E-state index is -0.905. The van der Waals surface area contributed by atoms with Crippen molar-refractivity contribution in [2.75, 3.05) is 18.0 Å². The summed E-state index contributed by atoms with van der Waals surface area (Å²) >= 11 is 0. The fourth-order valence-corrected chi connectivity index (χ4v) is 2.71. The number of anilines is 1. The maximum Gasteiger partial charge on any atom is 0.411 e. The third kappa shape index (κ3) is 2.94. The van der Waals surface area contributed by atoms with Gasteiger partial charge in [-0.3, -0.25) is 10.2 Å². The first-order chi connectivity index (χ1) is 9.67. The number of carboxylic acid groups (broad SMARTS) is 1. The van der Waals surface area contributed by atoms with Gasteiger partial charge >= 0.3 is 6.09 Å². The van der Waals surface area contributed by atoms with E-state index in [1.165, 1.54) is 16.0 Å². The third-order valence-electron chi connectivity index (χ3n) is 3.65. The number of terminal acetylenes is 1. The van der Waals surface area contributed by atoms with Crippen LogP contribution >= 0.6 is 0 Å². The molecule has 2 N–H and O–H groups in total. The van der Waals surface area contributed by atoms with Gasteiger partial charge in [0.15, 0.2) is 0 Å². The topological polar surface area (TPSA) is 52.6 Å². The quantitative estimate of drug-likeness (QED) is 0.810. The SMILES string of the molecule is C#CCN[C@@H]1CCc2ccc(N(CCC)C(=O)O)cc21. The molecule has 2 rings (SSSR count). The molecule has 106 valence electrons. The molecule has 1 aromatic rings. The Morgan fingerprint density at radius 1 is 1.60 bits per heavy atom. The zero-order valence-corrected chi connectivity index (χ0v) is 11.7. The van der Waals surface area contributed by atoms with E-state index in [1.54, 1.807) is 0 Å². The normalized spacial score (nSPS) is 16.5. The van der Waals surface area contributed by atoms with Gasteiger partial charge in [-0.1, -0.05) is 18.9 Å². The molecule has 0 saturated heterocycles. The van der Waals surface area contributed by atoms with Gasteiger partial charge in [0, 0.05) is 18.3 Å². The monoisotopic (exact) mass is 272 g/mol. The lowest BCUT2D eigenvalue weighted by atomic mass is 10.1. The number of hydrogen-bond acceptors (Lipinski definition) is 2. The van der Waals surface area contributed by atoms with Crippen LogP contribution in [0.1, 0.15) is 36.9 Å². The van der Waals surface area contributed by atoms with Crippen LogP contribution in [0.3, 0.4) is 0 Å². The summed E-state index contributed by atoms with van der Waals surface area (Å²) in [5.41, 5.74) is 3.21. The molecule has 0 heterocycles. The van der Waals surface area contributed by atoms with E-state index < -0.39 is 6.09 Å². The van der Waals surface area contributed by atoms with Gasteiger partial charge in [-0.05, 0) is 42.5 Å². The second kappa shape index (κ2) is 6.44. The Labute approximate surface area is 119 Å². The first-order valence-electron chi connectivity index (χ1n) is 6.97. The number of nitrogens with zero attached hydrogens (tertiary/aromatic N) is 1. The highest BCUT2D eigenvalue weighted by Crippen LogP contribution is 2.34. The van der Waals surface area contributed by atoms with E-state index in [4.69, 9.17) is 6.42 Å². The van der Waals surface area contributed by atoms with E-state index in [0.717, 1.165) is 24.9 Å². The second-order valence-electron chi connectivity index (χ2n) is 4.99. The number of benzene rings is 1. The predicted octanol–water partition coefficient (Wildman–Crippen LogP) is 2.79. The Kier molecular flexibility index (Phi) is 4.65. The van der Waals surface area contributed by atoms with Crippen molar-refractivity contribution in [3.05, 3.63) is 29.3 Å². The van der Waals surface area contributed by atoms with Crippen molar-refractivity contribution in [1.82, 2.24) is 5.32 Å². The van der Waals surface area contributed by atoms with Gasteiger partial charge in [-0.15, -0.1) is 6.42 Å². The number of hydrogen-bond donors (Lipinski definition) is 2. The fraction of sp³-hybridized carbons (Fsp3) is 0.438. The lowest BCUT2D eigenvalue weighted by Crippen LogP contribution is -2.30. The van der Waals surface area contributed by atoms with Crippen LogP contribution in [-0.2, 0) is 6.42 Å². The summed E-state index contributed by atoms with van der Waals surface area (Å²) in [5, 5.41) is 12.6. The molecule has 1 aromatic carbocycles. The second-order valence-corrected chi connectivity index (χ2v) is 4.99. The Hall–Kier alpha value is -1.99. The number of rotatable bonds is 5. The molecule has 0 unspecified atom stereocenters. The van der Waals surface area contributed by atoms with Crippen LogP contribution in [-0.4, -0.2) is 24.3 Å². The highest BCUT2D eigenvalue weighted by Gasteiger charge is 2.23. The molecule has 0 fully saturated rings. The Balaban J connectivity index is 2.26. The molecule has 1 amide bonds. The summed E-state index contributed by atoms with van der Waals surface area (Å²) in [6, 6.07) is 6.15. The molecule has 0 saturated carbocycles. The van der Waals surface area contributed by atoms with Crippen LogP contribution in [0.5, 0.6) is 0 Å². The van der Waals surface area contributed by atoms with E-state index in [9.17, 15) is 9.90 Å². The molecule has 4 nitrogen and oxygen atoms in total. The van der Waals surface area contributed by atoms with Gasteiger partial charge in [0.25, 0.3) is 0 Å². The highest BCUT2D eigenvalue weighted by atomic mass is 16.4. The summed E-state index contributed by atoms with van der Waals surface area (Å²) in [5.74, 6) is 2.59. The van der Waals surface area contributed by atoms with Gasteiger partial charge in [-0.2, -0.15) is 0 Å².